The molecule has 0 saturated heterocycles. The zero-order chi connectivity index (χ0) is 14.5. The minimum absolute atomic E-state index is 0. The van der Waals surface area contributed by atoms with Crippen molar-refractivity contribution in [3.05, 3.63) is 30.3 Å². The second-order valence-electron chi connectivity index (χ2n) is 3.90. The molecule has 3 N–H and O–H groups in total. The lowest BCUT2D eigenvalue weighted by Crippen LogP contribution is -2.24. The Morgan fingerprint density at radius 3 is 2.15 bits per heavy atom. The first kappa shape index (κ1) is 21.0. The number of hydrogen-bond acceptors (Lipinski definition) is 3. The van der Waals surface area contributed by atoms with E-state index in [9.17, 15) is 4.79 Å². The van der Waals surface area contributed by atoms with Crippen molar-refractivity contribution in [3.8, 4) is 0 Å². The smallest absolute Gasteiger partial charge is 0.409 e. The number of anilines is 1. The van der Waals surface area contributed by atoms with E-state index in [4.69, 9.17) is 10.2 Å². The Morgan fingerprint density at radius 1 is 1.20 bits per heavy atom. The molecule has 1 amide bonds. The van der Waals surface area contributed by atoms with Crippen LogP contribution in [0.1, 0.15) is 20.3 Å². The van der Waals surface area contributed by atoms with Crippen LogP contribution < -0.4 is 5.32 Å². The molecule has 0 fully saturated rings. The summed E-state index contributed by atoms with van der Waals surface area (Å²) in [6, 6.07) is 8.74. The average Bonchev–Trinajstić information content (AvgIpc) is 2.41. The number of hydrogen-bond donors (Lipinski definition) is 3. The first-order chi connectivity index (χ1) is 9.13. The third-order valence-electron chi connectivity index (χ3n) is 2.55. The van der Waals surface area contributed by atoms with Gasteiger partial charge >= 0.3 is 6.09 Å². The first-order valence-electron chi connectivity index (χ1n) is 6.52. The summed E-state index contributed by atoms with van der Waals surface area (Å²) < 4.78 is 0. The largest absolute Gasteiger partial charge is 0.465 e. The molecule has 6 heteroatoms. The van der Waals surface area contributed by atoms with Crippen molar-refractivity contribution < 1.29 is 15.0 Å². The van der Waals surface area contributed by atoms with Gasteiger partial charge in [0, 0.05) is 18.8 Å². The van der Waals surface area contributed by atoms with Gasteiger partial charge in [-0.2, -0.15) is 0 Å². The fraction of sp³-hybridized carbons (Fsp3) is 0.500. The third-order valence-corrected chi connectivity index (χ3v) is 2.55. The van der Waals surface area contributed by atoms with Crippen LogP contribution in [0.2, 0.25) is 0 Å². The van der Waals surface area contributed by atoms with E-state index in [-0.39, 0.29) is 12.4 Å². The molecule has 0 aliphatic rings. The second kappa shape index (κ2) is 14.1. The molecule has 20 heavy (non-hydrogen) atoms. The average molecular weight is 305 g/mol. The van der Waals surface area contributed by atoms with E-state index < -0.39 is 6.09 Å². The molecular weight excluding hydrogens is 280 g/mol. The fourth-order valence-electron chi connectivity index (χ4n) is 1.48. The van der Waals surface area contributed by atoms with E-state index in [1.165, 1.54) is 0 Å². The van der Waals surface area contributed by atoms with E-state index >= 15 is 0 Å². The van der Waals surface area contributed by atoms with E-state index in [1.54, 1.807) is 24.3 Å². The zero-order valence-corrected chi connectivity index (χ0v) is 12.9. The van der Waals surface area contributed by atoms with Crippen molar-refractivity contribution in [2.45, 2.75) is 20.3 Å². The van der Waals surface area contributed by atoms with Crippen LogP contribution in [0.15, 0.2) is 30.3 Å². The van der Waals surface area contributed by atoms with Gasteiger partial charge in [0.15, 0.2) is 0 Å². The molecule has 0 aliphatic carbocycles. The number of nitrogens with one attached hydrogen (secondary N) is 1. The van der Waals surface area contributed by atoms with Crippen LogP contribution in [0.3, 0.4) is 0 Å². The SMILES string of the molecule is CCN(CC)CCCO.Cl.O=C(O)Nc1ccccc1. The molecular formula is C14H25ClN2O3. The van der Waals surface area contributed by atoms with Crippen molar-refractivity contribution in [3.63, 3.8) is 0 Å². The number of carbonyl (C=O) groups is 1. The maximum Gasteiger partial charge on any atom is 0.409 e. The highest BCUT2D eigenvalue weighted by molar-refractivity contribution is 5.85. The van der Waals surface area contributed by atoms with Crippen LogP contribution in [0.5, 0.6) is 0 Å². The lowest BCUT2D eigenvalue weighted by molar-refractivity contribution is 0.209. The molecule has 0 saturated carbocycles. The van der Waals surface area contributed by atoms with Gasteiger partial charge in [0.25, 0.3) is 0 Å². The zero-order valence-electron chi connectivity index (χ0n) is 12.1. The van der Waals surface area contributed by atoms with Crippen LogP contribution in [0, 0.1) is 0 Å². The summed E-state index contributed by atoms with van der Waals surface area (Å²) in [5.74, 6) is 0. The van der Waals surface area contributed by atoms with E-state index in [2.05, 4.69) is 24.1 Å². The van der Waals surface area contributed by atoms with Gasteiger partial charge in [-0.25, -0.2) is 4.79 Å². The molecule has 0 aliphatic heterocycles. The number of aliphatic hydroxyl groups excluding tert-OH is 1. The highest BCUT2D eigenvalue weighted by Gasteiger charge is 1.95. The van der Waals surface area contributed by atoms with Gasteiger partial charge in [-0.3, -0.25) is 5.32 Å². The Kier molecular flexibility index (Phi) is 14.8. The maximum absolute atomic E-state index is 10.1. The number of carboxylic acid groups (broad SMARTS) is 1. The number of rotatable bonds is 6. The van der Waals surface area contributed by atoms with E-state index in [0.29, 0.717) is 12.3 Å². The number of para-hydroxylation sites is 1. The Balaban J connectivity index is 0. The van der Waals surface area contributed by atoms with Gasteiger partial charge in [0.05, 0.1) is 0 Å². The van der Waals surface area contributed by atoms with Gasteiger partial charge in [-0.1, -0.05) is 32.0 Å². The van der Waals surface area contributed by atoms with Crippen molar-refractivity contribution >= 4 is 24.2 Å². The molecule has 116 valence electrons. The number of benzene rings is 1. The molecule has 5 nitrogen and oxygen atoms in total. The van der Waals surface area contributed by atoms with Crippen LogP contribution >= 0.6 is 12.4 Å². The minimum atomic E-state index is -1.04. The summed E-state index contributed by atoms with van der Waals surface area (Å²) in [6.45, 7) is 7.81. The van der Waals surface area contributed by atoms with Crippen molar-refractivity contribution in [1.29, 1.82) is 0 Å². The number of nitrogens with zero attached hydrogens (tertiary/aromatic N) is 1. The summed E-state index contributed by atoms with van der Waals surface area (Å²) in [6.07, 6.45) is -0.131. The summed E-state index contributed by atoms with van der Waals surface area (Å²) in [4.78, 5) is 12.4. The molecule has 0 unspecified atom stereocenters. The molecule has 0 atom stereocenters. The number of halogens is 1. The highest BCUT2D eigenvalue weighted by atomic mass is 35.5. The topological polar surface area (TPSA) is 72.8 Å². The first-order valence-corrected chi connectivity index (χ1v) is 6.52. The number of amides is 1. The van der Waals surface area contributed by atoms with Crippen LogP contribution in [-0.2, 0) is 0 Å². The molecule has 0 aromatic heterocycles. The molecule has 1 aromatic carbocycles. The Labute approximate surface area is 127 Å². The minimum Gasteiger partial charge on any atom is -0.465 e. The quantitative estimate of drug-likeness (QED) is 0.755. The van der Waals surface area contributed by atoms with Gasteiger partial charge in [0.1, 0.15) is 0 Å². The molecule has 1 rings (SSSR count). The van der Waals surface area contributed by atoms with Gasteiger partial charge < -0.3 is 15.1 Å². The monoisotopic (exact) mass is 304 g/mol. The van der Waals surface area contributed by atoms with Gasteiger partial charge in [0.2, 0.25) is 0 Å². The van der Waals surface area contributed by atoms with E-state index in [0.717, 1.165) is 26.1 Å². The molecule has 0 radical (unpaired) electrons. The van der Waals surface area contributed by atoms with E-state index in [1.807, 2.05) is 6.07 Å². The van der Waals surface area contributed by atoms with Crippen molar-refractivity contribution in [2.75, 3.05) is 31.6 Å². The Hall–Kier alpha value is -1.30. The second-order valence-corrected chi connectivity index (χ2v) is 3.90. The van der Waals surface area contributed by atoms with Gasteiger partial charge in [-0.05, 0) is 31.6 Å². The molecule has 0 bridgehead atoms. The lowest BCUT2D eigenvalue weighted by atomic mass is 10.3. The number of aliphatic hydroxyl groups is 1. The lowest BCUT2D eigenvalue weighted by Gasteiger charge is -2.16. The Bertz CT molecular complexity index is 332. The van der Waals surface area contributed by atoms with Crippen molar-refractivity contribution in [1.82, 2.24) is 4.90 Å². The van der Waals surface area contributed by atoms with Crippen LogP contribution in [-0.4, -0.2) is 47.4 Å². The van der Waals surface area contributed by atoms with Gasteiger partial charge in [-0.15, -0.1) is 12.4 Å². The highest BCUT2D eigenvalue weighted by Crippen LogP contribution is 2.03. The Morgan fingerprint density at radius 2 is 1.75 bits per heavy atom. The molecule has 0 heterocycles. The van der Waals surface area contributed by atoms with Crippen LogP contribution in [0.25, 0.3) is 0 Å². The van der Waals surface area contributed by atoms with Crippen molar-refractivity contribution in [2.24, 2.45) is 0 Å². The molecule has 0 spiro atoms. The summed E-state index contributed by atoms with van der Waals surface area (Å²) in [7, 11) is 0. The normalized spacial score (nSPS) is 9.20. The predicted molar refractivity (Wildman–Crippen MR) is 84.8 cm³/mol. The maximum atomic E-state index is 10.1. The summed E-state index contributed by atoms with van der Waals surface area (Å²) in [5.41, 5.74) is 0.593. The summed E-state index contributed by atoms with van der Waals surface area (Å²) >= 11 is 0. The standard InChI is InChI=1S/C7H7NO2.C7H17NO.ClH/c9-7(10)8-6-4-2-1-3-5-6;1-3-8(4-2)6-5-7-9;/h1-5,8H,(H,9,10);9H,3-7H2,1-2H3;1H. The summed E-state index contributed by atoms with van der Waals surface area (Å²) in [5, 5.41) is 19.0. The molecule has 1 aromatic rings. The third kappa shape index (κ3) is 11.8. The van der Waals surface area contributed by atoms with Crippen LogP contribution in [0.4, 0.5) is 10.5 Å². The fourth-order valence-corrected chi connectivity index (χ4v) is 1.48. The predicted octanol–water partition coefficient (Wildman–Crippen LogP) is 2.91.